The maximum Gasteiger partial charge on any atom is 0.161 e. The van der Waals surface area contributed by atoms with Gasteiger partial charge in [0.1, 0.15) is 0 Å². The molecule has 0 aliphatic heterocycles. The highest BCUT2D eigenvalue weighted by atomic mass is 16.5. The third-order valence-corrected chi connectivity index (χ3v) is 3.72. The third-order valence-electron chi connectivity index (χ3n) is 3.72. The molecule has 1 aromatic heterocycles. The van der Waals surface area contributed by atoms with Gasteiger partial charge in [-0.1, -0.05) is 13.8 Å². The maximum atomic E-state index is 5.61. The maximum absolute atomic E-state index is 5.61. The third kappa shape index (κ3) is 5.00. The van der Waals surface area contributed by atoms with Crippen LogP contribution in [0.1, 0.15) is 58.7 Å². The highest BCUT2D eigenvalue weighted by Gasteiger charge is 2.28. The van der Waals surface area contributed by atoms with Crippen molar-refractivity contribution in [3.05, 3.63) is 11.9 Å². The number of ether oxygens (including phenoxy) is 2. The molecule has 1 atom stereocenters. The van der Waals surface area contributed by atoms with E-state index in [0.29, 0.717) is 0 Å². The molecule has 1 unspecified atom stereocenters. The van der Waals surface area contributed by atoms with E-state index >= 15 is 0 Å². The van der Waals surface area contributed by atoms with Crippen LogP contribution in [0.3, 0.4) is 0 Å². The normalized spacial score (nSPS) is 13.4. The molecule has 0 aliphatic rings. The van der Waals surface area contributed by atoms with Crippen LogP contribution in [0.15, 0.2) is 6.20 Å². The molecule has 1 rings (SSSR count). The molecule has 0 saturated heterocycles. The molecule has 1 N–H and O–H groups in total. The first-order chi connectivity index (χ1) is 9.99. The Morgan fingerprint density at radius 3 is 2.52 bits per heavy atom. The summed E-state index contributed by atoms with van der Waals surface area (Å²) in [6.45, 7) is 10.4. The van der Waals surface area contributed by atoms with Gasteiger partial charge < -0.3 is 14.8 Å². The van der Waals surface area contributed by atoms with E-state index in [-0.39, 0.29) is 11.6 Å². The van der Waals surface area contributed by atoms with Crippen molar-refractivity contribution in [1.82, 2.24) is 15.1 Å². The summed E-state index contributed by atoms with van der Waals surface area (Å²) in [5, 5.41) is 8.09. The van der Waals surface area contributed by atoms with Gasteiger partial charge in [-0.05, 0) is 39.7 Å². The smallest absolute Gasteiger partial charge is 0.161 e. The largest absolute Gasteiger partial charge is 0.493 e. The molecule has 0 bridgehead atoms. The second kappa shape index (κ2) is 8.39. The topological polar surface area (TPSA) is 48.3 Å². The zero-order valence-corrected chi connectivity index (χ0v) is 14.4. The van der Waals surface area contributed by atoms with E-state index in [4.69, 9.17) is 9.47 Å². The van der Waals surface area contributed by atoms with Crippen molar-refractivity contribution in [2.75, 3.05) is 20.8 Å². The van der Waals surface area contributed by atoms with Gasteiger partial charge >= 0.3 is 0 Å². The van der Waals surface area contributed by atoms with Crippen LogP contribution in [0.2, 0.25) is 0 Å². The van der Waals surface area contributed by atoms with Gasteiger partial charge in [0, 0.05) is 13.7 Å². The van der Waals surface area contributed by atoms with Crippen molar-refractivity contribution >= 4 is 0 Å². The van der Waals surface area contributed by atoms with Crippen LogP contribution in [0.4, 0.5) is 0 Å². The molecule has 1 heterocycles. The number of aromatic nitrogens is 2. The zero-order chi connectivity index (χ0) is 15.9. The summed E-state index contributed by atoms with van der Waals surface area (Å²) in [4.78, 5) is 0. The fourth-order valence-electron chi connectivity index (χ4n) is 2.44. The number of methoxy groups -OCH3 is 2. The Balaban J connectivity index is 3.08. The molecule has 122 valence electrons. The van der Waals surface area contributed by atoms with Crippen molar-refractivity contribution in [3.8, 4) is 5.75 Å². The molecule has 0 spiro atoms. The summed E-state index contributed by atoms with van der Waals surface area (Å²) >= 11 is 0. The molecule has 0 radical (unpaired) electrons. The molecule has 5 nitrogen and oxygen atoms in total. The van der Waals surface area contributed by atoms with Crippen LogP contribution in [0, 0.1) is 0 Å². The molecule has 21 heavy (non-hydrogen) atoms. The van der Waals surface area contributed by atoms with E-state index in [0.717, 1.165) is 43.8 Å². The van der Waals surface area contributed by atoms with Gasteiger partial charge in [-0.3, -0.25) is 4.68 Å². The Bertz CT molecular complexity index is 416. The second-order valence-electron chi connectivity index (χ2n) is 6.00. The standard InChI is InChI=1S/C16H31N3O2/c1-7-9-17-13(11-16(3,4)21-6)15-14(20-5)12-18-19(15)10-8-2/h12-13,17H,7-11H2,1-6H3. The summed E-state index contributed by atoms with van der Waals surface area (Å²) < 4.78 is 13.2. The van der Waals surface area contributed by atoms with Crippen LogP contribution in [-0.4, -0.2) is 36.1 Å². The predicted octanol–water partition coefficient (Wildman–Crippen LogP) is 3.16. The van der Waals surface area contributed by atoms with E-state index in [9.17, 15) is 0 Å². The Hall–Kier alpha value is -1.07. The predicted molar refractivity (Wildman–Crippen MR) is 85.8 cm³/mol. The van der Waals surface area contributed by atoms with E-state index < -0.39 is 0 Å². The van der Waals surface area contributed by atoms with Crippen molar-refractivity contribution in [2.24, 2.45) is 0 Å². The monoisotopic (exact) mass is 297 g/mol. The van der Waals surface area contributed by atoms with Gasteiger partial charge in [-0.15, -0.1) is 0 Å². The van der Waals surface area contributed by atoms with E-state index in [1.807, 2.05) is 6.20 Å². The Morgan fingerprint density at radius 1 is 1.29 bits per heavy atom. The first-order valence-electron chi connectivity index (χ1n) is 7.87. The highest BCUT2D eigenvalue weighted by Crippen LogP contribution is 2.32. The van der Waals surface area contributed by atoms with E-state index in [1.165, 1.54) is 0 Å². The first-order valence-corrected chi connectivity index (χ1v) is 7.87. The lowest BCUT2D eigenvalue weighted by atomic mass is 9.96. The van der Waals surface area contributed by atoms with E-state index in [1.54, 1.807) is 14.2 Å². The first kappa shape index (κ1) is 18.0. The fraction of sp³-hybridized carbons (Fsp3) is 0.812. The number of hydrogen-bond donors (Lipinski definition) is 1. The molecular formula is C16H31N3O2. The average Bonchev–Trinajstić information content (AvgIpc) is 2.86. The molecule has 0 amide bonds. The van der Waals surface area contributed by atoms with Crippen molar-refractivity contribution in [2.45, 2.75) is 65.1 Å². The van der Waals surface area contributed by atoms with Crippen LogP contribution in [-0.2, 0) is 11.3 Å². The minimum atomic E-state index is -0.197. The fourth-order valence-corrected chi connectivity index (χ4v) is 2.44. The van der Waals surface area contributed by atoms with E-state index in [2.05, 4.69) is 42.8 Å². The summed E-state index contributed by atoms with van der Waals surface area (Å²) in [6, 6.07) is 0.170. The minimum Gasteiger partial charge on any atom is -0.493 e. The van der Waals surface area contributed by atoms with Crippen LogP contribution in [0.5, 0.6) is 5.75 Å². The minimum absolute atomic E-state index is 0.170. The Kier molecular flexibility index (Phi) is 7.18. The summed E-state index contributed by atoms with van der Waals surface area (Å²) in [5.41, 5.74) is 0.926. The average molecular weight is 297 g/mol. The van der Waals surface area contributed by atoms with Gasteiger partial charge in [-0.25, -0.2) is 0 Å². The number of rotatable bonds is 10. The lowest BCUT2D eigenvalue weighted by Gasteiger charge is -2.30. The number of aryl methyl sites for hydroxylation is 1. The molecule has 5 heteroatoms. The summed E-state index contributed by atoms with van der Waals surface area (Å²) in [7, 11) is 3.46. The van der Waals surface area contributed by atoms with Crippen molar-refractivity contribution < 1.29 is 9.47 Å². The SMILES string of the molecule is CCCNC(CC(C)(C)OC)c1c(OC)cnn1CCC. The van der Waals surface area contributed by atoms with Gasteiger partial charge in [0.05, 0.1) is 30.6 Å². The van der Waals surface area contributed by atoms with Crippen LogP contribution in [0.25, 0.3) is 0 Å². The van der Waals surface area contributed by atoms with Gasteiger partial charge in [0.2, 0.25) is 0 Å². The van der Waals surface area contributed by atoms with Gasteiger partial charge in [0.25, 0.3) is 0 Å². The summed E-state index contributed by atoms with van der Waals surface area (Å²) in [5.74, 6) is 0.851. The van der Waals surface area contributed by atoms with Crippen LogP contribution < -0.4 is 10.1 Å². The molecule has 1 aromatic rings. The lowest BCUT2D eigenvalue weighted by molar-refractivity contribution is 0.00594. The number of nitrogens with zero attached hydrogens (tertiary/aromatic N) is 2. The lowest BCUT2D eigenvalue weighted by Crippen LogP contribution is -2.34. The number of hydrogen-bond acceptors (Lipinski definition) is 4. The van der Waals surface area contributed by atoms with Gasteiger partial charge in [-0.2, -0.15) is 5.10 Å². The van der Waals surface area contributed by atoms with Crippen molar-refractivity contribution in [1.29, 1.82) is 0 Å². The van der Waals surface area contributed by atoms with Crippen LogP contribution >= 0.6 is 0 Å². The summed E-state index contributed by atoms with van der Waals surface area (Å²) in [6.07, 6.45) is 4.82. The molecule has 0 aromatic carbocycles. The van der Waals surface area contributed by atoms with Crippen molar-refractivity contribution in [3.63, 3.8) is 0 Å². The Labute approximate surface area is 129 Å². The molecule has 0 aliphatic carbocycles. The quantitative estimate of drug-likeness (QED) is 0.720. The Morgan fingerprint density at radius 2 is 2.00 bits per heavy atom. The molecule has 0 saturated carbocycles. The second-order valence-corrected chi connectivity index (χ2v) is 6.00. The number of nitrogens with one attached hydrogen (secondary N) is 1. The zero-order valence-electron chi connectivity index (χ0n) is 14.4. The van der Waals surface area contributed by atoms with Gasteiger partial charge in [0.15, 0.2) is 5.75 Å². The molecular weight excluding hydrogens is 266 g/mol. The highest BCUT2D eigenvalue weighted by molar-refractivity contribution is 5.28. The molecule has 0 fully saturated rings.